The van der Waals surface area contributed by atoms with Gasteiger partial charge in [-0.3, -0.25) is 4.79 Å². The molecule has 0 amide bonds. The van der Waals surface area contributed by atoms with Crippen LogP contribution in [0.3, 0.4) is 0 Å². The summed E-state index contributed by atoms with van der Waals surface area (Å²) >= 11 is 0. The first kappa shape index (κ1) is 19.1. The monoisotopic (exact) mass is 421 g/mol. The summed E-state index contributed by atoms with van der Waals surface area (Å²) in [6.07, 6.45) is 4.06. The Morgan fingerprint density at radius 3 is 2.50 bits per heavy atom. The molecular formula is C24H23NO4S. The van der Waals surface area contributed by atoms with Gasteiger partial charge in [0, 0.05) is 46.8 Å². The van der Waals surface area contributed by atoms with E-state index < -0.39 is 9.84 Å². The predicted octanol–water partition coefficient (Wildman–Crippen LogP) is 4.76. The van der Waals surface area contributed by atoms with Crippen molar-refractivity contribution in [2.75, 3.05) is 5.75 Å². The van der Waals surface area contributed by atoms with Gasteiger partial charge in [0.1, 0.15) is 11.3 Å². The molecule has 0 bridgehead atoms. The molecule has 0 aliphatic heterocycles. The van der Waals surface area contributed by atoms with Gasteiger partial charge in [0.25, 0.3) is 5.56 Å². The van der Waals surface area contributed by atoms with Crippen LogP contribution in [0.15, 0.2) is 57.9 Å². The zero-order chi connectivity index (χ0) is 21.0. The summed E-state index contributed by atoms with van der Waals surface area (Å²) in [6, 6.07) is 13.4. The van der Waals surface area contributed by atoms with Gasteiger partial charge >= 0.3 is 0 Å². The minimum absolute atomic E-state index is 0.0138. The van der Waals surface area contributed by atoms with Crippen molar-refractivity contribution in [2.45, 2.75) is 31.4 Å². The Labute approximate surface area is 174 Å². The molecule has 2 aromatic heterocycles. The zero-order valence-corrected chi connectivity index (χ0v) is 17.8. The third-order valence-corrected chi connectivity index (χ3v) is 7.53. The molecule has 1 fully saturated rings. The third kappa shape index (κ3) is 3.25. The van der Waals surface area contributed by atoms with Crippen LogP contribution in [0.2, 0.25) is 0 Å². The van der Waals surface area contributed by atoms with Gasteiger partial charge in [0.2, 0.25) is 0 Å². The highest BCUT2D eigenvalue weighted by Gasteiger charge is 2.28. The van der Waals surface area contributed by atoms with E-state index in [-0.39, 0.29) is 17.1 Å². The van der Waals surface area contributed by atoms with E-state index in [0.29, 0.717) is 11.3 Å². The molecular weight excluding hydrogens is 398 g/mol. The van der Waals surface area contributed by atoms with Gasteiger partial charge in [-0.25, -0.2) is 8.42 Å². The van der Waals surface area contributed by atoms with Crippen LogP contribution in [0.1, 0.15) is 37.0 Å². The molecule has 6 heteroatoms. The molecule has 2 aromatic carbocycles. The average molecular weight is 422 g/mol. The van der Waals surface area contributed by atoms with E-state index in [9.17, 15) is 13.2 Å². The van der Waals surface area contributed by atoms with Gasteiger partial charge in [-0.2, -0.15) is 0 Å². The number of rotatable bonds is 5. The first-order chi connectivity index (χ1) is 14.4. The summed E-state index contributed by atoms with van der Waals surface area (Å²) in [4.78, 5) is 12.6. The van der Waals surface area contributed by atoms with Crippen molar-refractivity contribution >= 4 is 31.6 Å². The second kappa shape index (κ2) is 6.84. The van der Waals surface area contributed by atoms with Crippen LogP contribution in [-0.4, -0.2) is 18.7 Å². The van der Waals surface area contributed by atoms with E-state index in [2.05, 4.69) is 0 Å². The van der Waals surface area contributed by atoms with Gasteiger partial charge < -0.3 is 8.98 Å². The second-order valence-corrected chi connectivity index (χ2v) is 10.5. The maximum absolute atomic E-state index is 12.6. The Bertz CT molecular complexity index is 1460. The molecule has 4 aromatic rings. The SMILES string of the molecule is CCS(=O)(=O)Cc1cc(-c2cn(C)c(=O)c3ccccc23)c2oc(C3CC3)cc2c1. The molecule has 5 nitrogen and oxygen atoms in total. The predicted molar refractivity (Wildman–Crippen MR) is 120 cm³/mol. The van der Waals surface area contributed by atoms with Crippen LogP contribution >= 0.6 is 0 Å². The van der Waals surface area contributed by atoms with Crippen molar-refractivity contribution in [1.82, 2.24) is 4.57 Å². The minimum Gasteiger partial charge on any atom is -0.460 e. The van der Waals surface area contributed by atoms with Crippen LogP contribution in [0.5, 0.6) is 0 Å². The van der Waals surface area contributed by atoms with Crippen molar-refractivity contribution in [2.24, 2.45) is 7.05 Å². The quantitative estimate of drug-likeness (QED) is 0.466. The fraction of sp³-hybridized carbons (Fsp3) is 0.292. The van der Waals surface area contributed by atoms with Crippen LogP contribution in [0.25, 0.3) is 32.9 Å². The number of aryl methyl sites for hydroxylation is 1. The average Bonchev–Trinajstić information content (AvgIpc) is 3.49. The summed E-state index contributed by atoms with van der Waals surface area (Å²) in [5, 5.41) is 2.38. The number of aromatic nitrogens is 1. The lowest BCUT2D eigenvalue weighted by Gasteiger charge is -2.12. The molecule has 1 aliphatic rings. The number of hydrogen-bond acceptors (Lipinski definition) is 4. The Hall–Kier alpha value is -2.86. The van der Waals surface area contributed by atoms with E-state index in [0.717, 1.165) is 51.6 Å². The highest BCUT2D eigenvalue weighted by atomic mass is 32.2. The molecule has 30 heavy (non-hydrogen) atoms. The Morgan fingerprint density at radius 1 is 1.07 bits per heavy atom. The molecule has 5 rings (SSSR count). The van der Waals surface area contributed by atoms with E-state index in [1.54, 1.807) is 18.5 Å². The fourth-order valence-corrected chi connectivity index (χ4v) is 4.95. The van der Waals surface area contributed by atoms with Crippen molar-refractivity contribution < 1.29 is 12.8 Å². The summed E-state index contributed by atoms with van der Waals surface area (Å²) in [5.41, 5.74) is 3.12. The summed E-state index contributed by atoms with van der Waals surface area (Å²) < 4.78 is 32.5. The van der Waals surface area contributed by atoms with E-state index in [1.165, 1.54) is 0 Å². The van der Waals surface area contributed by atoms with Crippen molar-refractivity contribution in [3.63, 3.8) is 0 Å². The van der Waals surface area contributed by atoms with Crippen LogP contribution < -0.4 is 5.56 Å². The lowest BCUT2D eigenvalue weighted by Crippen LogP contribution is -2.16. The lowest BCUT2D eigenvalue weighted by atomic mass is 9.97. The molecule has 154 valence electrons. The number of nitrogens with zero attached hydrogens (tertiary/aromatic N) is 1. The molecule has 1 saturated carbocycles. The number of pyridine rings is 1. The minimum atomic E-state index is -3.18. The summed E-state index contributed by atoms with van der Waals surface area (Å²) in [6.45, 7) is 1.66. The van der Waals surface area contributed by atoms with Crippen molar-refractivity contribution in [1.29, 1.82) is 0 Å². The number of fused-ring (bicyclic) bond motifs is 2. The zero-order valence-electron chi connectivity index (χ0n) is 17.0. The largest absolute Gasteiger partial charge is 0.460 e. The summed E-state index contributed by atoms with van der Waals surface area (Å²) in [7, 11) is -1.45. The summed E-state index contributed by atoms with van der Waals surface area (Å²) in [5.74, 6) is 1.49. The van der Waals surface area contributed by atoms with Crippen molar-refractivity contribution in [3.8, 4) is 11.1 Å². The molecule has 0 N–H and O–H groups in total. The maximum atomic E-state index is 12.6. The molecule has 0 atom stereocenters. The topological polar surface area (TPSA) is 69.3 Å². The molecule has 0 unspecified atom stereocenters. The van der Waals surface area contributed by atoms with Crippen molar-refractivity contribution in [3.05, 3.63) is 70.3 Å². The molecule has 2 heterocycles. The molecule has 0 spiro atoms. The second-order valence-electron chi connectivity index (χ2n) is 8.17. The highest BCUT2D eigenvalue weighted by Crippen LogP contribution is 2.44. The number of benzene rings is 2. The highest BCUT2D eigenvalue weighted by molar-refractivity contribution is 7.90. The maximum Gasteiger partial charge on any atom is 0.258 e. The molecule has 1 aliphatic carbocycles. The van der Waals surface area contributed by atoms with E-state index in [4.69, 9.17) is 4.42 Å². The lowest BCUT2D eigenvalue weighted by molar-refractivity contribution is 0.553. The number of furan rings is 1. The van der Waals surface area contributed by atoms with Gasteiger partial charge in [-0.1, -0.05) is 25.1 Å². The smallest absolute Gasteiger partial charge is 0.258 e. The number of hydrogen-bond donors (Lipinski definition) is 0. The Balaban J connectivity index is 1.82. The van der Waals surface area contributed by atoms with Crippen LogP contribution in [0.4, 0.5) is 0 Å². The van der Waals surface area contributed by atoms with Crippen LogP contribution in [0, 0.1) is 0 Å². The Morgan fingerprint density at radius 2 is 1.80 bits per heavy atom. The van der Waals surface area contributed by atoms with Gasteiger partial charge in [-0.05, 0) is 48.1 Å². The fourth-order valence-electron chi connectivity index (χ4n) is 4.07. The third-order valence-electron chi connectivity index (χ3n) is 5.88. The van der Waals surface area contributed by atoms with Gasteiger partial charge in [0.05, 0.1) is 5.75 Å². The normalized spacial score (nSPS) is 14.6. The molecule has 0 radical (unpaired) electrons. The van der Waals surface area contributed by atoms with Gasteiger partial charge in [0.15, 0.2) is 9.84 Å². The standard InChI is InChI=1S/C24H23NO4S/c1-3-30(27,28)14-15-10-17-12-22(16-8-9-16)29-23(17)20(11-15)21-13-25(2)24(26)19-7-5-4-6-18(19)21/h4-7,10-13,16H,3,8-9,14H2,1-2H3. The van der Waals surface area contributed by atoms with Crippen LogP contribution in [-0.2, 0) is 22.6 Å². The molecule has 0 saturated heterocycles. The van der Waals surface area contributed by atoms with Gasteiger partial charge in [-0.15, -0.1) is 0 Å². The first-order valence-electron chi connectivity index (χ1n) is 10.2. The van der Waals surface area contributed by atoms with E-state index >= 15 is 0 Å². The first-order valence-corrected chi connectivity index (χ1v) is 12.0. The number of sulfone groups is 1. The van der Waals surface area contributed by atoms with E-state index in [1.807, 2.05) is 48.7 Å². The Kier molecular flexibility index (Phi) is 4.36.